The Kier molecular flexibility index (Phi) is 8.26. The summed E-state index contributed by atoms with van der Waals surface area (Å²) in [6, 6.07) is 8.66. The molecule has 0 spiro atoms. The molecular weight excluding hydrogens is 252 g/mol. The van der Waals surface area contributed by atoms with Crippen LogP contribution in [0.25, 0.3) is 0 Å². The first-order valence-corrected chi connectivity index (χ1v) is 7.20. The minimum atomic E-state index is 0.474. The van der Waals surface area contributed by atoms with Gasteiger partial charge in [-0.3, -0.25) is 4.90 Å². The number of rotatable bonds is 10. The van der Waals surface area contributed by atoms with Crippen LogP contribution in [0.5, 0.6) is 5.75 Å². The van der Waals surface area contributed by atoms with Crippen molar-refractivity contribution in [2.75, 3.05) is 41.0 Å². The van der Waals surface area contributed by atoms with Gasteiger partial charge >= 0.3 is 0 Å². The van der Waals surface area contributed by atoms with Gasteiger partial charge in [-0.1, -0.05) is 18.2 Å². The largest absolute Gasteiger partial charge is 0.496 e. The molecule has 114 valence electrons. The van der Waals surface area contributed by atoms with E-state index in [9.17, 15) is 0 Å². The Morgan fingerprint density at radius 1 is 1.25 bits per heavy atom. The predicted molar refractivity (Wildman–Crippen MR) is 83.3 cm³/mol. The second-order valence-corrected chi connectivity index (χ2v) is 5.13. The van der Waals surface area contributed by atoms with Gasteiger partial charge in [0.1, 0.15) is 5.75 Å². The lowest BCUT2D eigenvalue weighted by Gasteiger charge is -2.25. The van der Waals surface area contributed by atoms with E-state index in [0.29, 0.717) is 6.04 Å². The molecule has 1 rings (SSSR count). The highest BCUT2D eigenvalue weighted by Crippen LogP contribution is 2.19. The number of hydrogen-bond donors (Lipinski definition) is 1. The molecule has 0 amide bonds. The van der Waals surface area contributed by atoms with E-state index >= 15 is 0 Å². The quantitative estimate of drug-likeness (QED) is 0.666. The molecule has 0 heterocycles. The summed E-state index contributed by atoms with van der Waals surface area (Å²) in [6.07, 6.45) is 1.06. The first-order chi connectivity index (χ1) is 9.69. The van der Waals surface area contributed by atoms with E-state index in [4.69, 9.17) is 9.47 Å². The number of benzene rings is 1. The zero-order chi connectivity index (χ0) is 14.8. The summed E-state index contributed by atoms with van der Waals surface area (Å²) >= 11 is 0. The number of methoxy groups -OCH3 is 2. The monoisotopic (exact) mass is 280 g/mol. The van der Waals surface area contributed by atoms with Gasteiger partial charge in [0.25, 0.3) is 0 Å². The van der Waals surface area contributed by atoms with Crippen LogP contribution >= 0.6 is 0 Å². The van der Waals surface area contributed by atoms with E-state index in [0.717, 1.165) is 38.4 Å². The minimum Gasteiger partial charge on any atom is -0.496 e. The molecule has 1 atom stereocenters. The summed E-state index contributed by atoms with van der Waals surface area (Å²) in [4.78, 5) is 2.33. The molecule has 1 aromatic rings. The molecule has 0 fully saturated rings. The van der Waals surface area contributed by atoms with Gasteiger partial charge < -0.3 is 14.8 Å². The summed E-state index contributed by atoms with van der Waals surface area (Å²) in [6.45, 7) is 5.93. The van der Waals surface area contributed by atoms with Crippen molar-refractivity contribution in [3.63, 3.8) is 0 Å². The zero-order valence-electron chi connectivity index (χ0n) is 13.2. The maximum absolute atomic E-state index is 5.40. The third kappa shape index (κ3) is 5.90. The van der Waals surface area contributed by atoms with Gasteiger partial charge in [-0.2, -0.15) is 0 Å². The van der Waals surface area contributed by atoms with Crippen molar-refractivity contribution in [2.45, 2.75) is 25.9 Å². The topological polar surface area (TPSA) is 33.7 Å². The molecule has 0 bridgehead atoms. The van der Waals surface area contributed by atoms with Crippen molar-refractivity contribution in [1.82, 2.24) is 10.2 Å². The Hall–Kier alpha value is -1.10. The fourth-order valence-corrected chi connectivity index (χ4v) is 2.07. The lowest BCUT2D eigenvalue weighted by molar-refractivity contribution is 0.191. The molecule has 4 nitrogen and oxygen atoms in total. The van der Waals surface area contributed by atoms with E-state index in [1.54, 1.807) is 14.2 Å². The standard InChI is InChI=1S/C16H28N2O2/c1-14(12-17-10-7-11-19-3)18(2)13-15-8-5-6-9-16(15)20-4/h5-6,8-9,14,17H,7,10-13H2,1-4H3. The zero-order valence-corrected chi connectivity index (χ0v) is 13.2. The van der Waals surface area contributed by atoms with Crippen molar-refractivity contribution in [3.8, 4) is 5.75 Å². The highest BCUT2D eigenvalue weighted by molar-refractivity contribution is 5.33. The Bertz CT molecular complexity index is 371. The van der Waals surface area contributed by atoms with Gasteiger partial charge in [-0.15, -0.1) is 0 Å². The molecule has 20 heavy (non-hydrogen) atoms. The van der Waals surface area contributed by atoms with Crippen LogP contribution < -0.4 is 10.1 Å². The molecule has 0 saturated heterocycles. The van der Waals surface area contributed by atoms with Gasteiger partial charge in [0, 0.05) is 38.4 Å². The summed E-state index contributed by atoms with van der Waals surface area (Å²) in [7, 11) is 5.61. The highest BCUT2D eigenvalue weighted by atomic mass is 16.5. The van der Waals surface area contributed by atoms with E-state index in [1.165, 1.54) is 5.56 Å². The van der Waals surface area contributed by atoms with Crippen molar-refractivity contribution < 1.29 is 9.47 Å². The number of likely N-dealkylation sites (N-methyl/N-ethyl adjacent to an activating group) is 1. The van der Waals surface area contributed by atoms with Gasteiger partial charge in [0.05, 0.1) is 7.11 Å². The molecule has 0 aliphatic rings. The second kappa shape index (κ2) is 9.75. The SMILES string of the molecule is COCCCNCC(C)N(C)Cc1ccccc1OC. The summed E-state index contributed by atoms with van der Waals surface area (Å²) in [5.41, 5.74) is 1.23. The van der Waals surface area contributed by atoms with Crippen molar-refractivity contribution >= 4 is 0 Å². The van der Waals surface area contributed by atoms with Crippen LogP contribution in [0.4, 0.5) is 0 Å². The van der Waals surface area contributed by atoms with Crippen LogP contribution in [-0.4, -0.2) is 51.9 Å². The highest BCUT2D eigenvalue weighted by Gasteiger charge is 2.11. The molecule has 0 saturated carbocycles. The molecule has 1 N–H and O–H groups in total. The van der Waals surface area contributed by atoms with E-state index in [2.05, 4.69) is 36.3 Å². The maximum atomic E-state index is 5.40. The van der Waals surface area contributed by atoms with Crippen LogP contribution in [0.1, 0.15) is 18.9 Å². The van der Waals surface area contributed by atoms with Gasteiger partial charge in [-0.05, 0) is 33.0 Å². The summed E-state index contributed by atoms with van der Waals surface area (Å²) in [5, 5.41) is 3.46. The van der Waals surface area contributed by atoms with Crippen LogP contribution in [0.15, 0.2) is 24.3 Å². The molecule has 1 unspecified atom stereocenters. The van der Waals surface area contributed by atoms with E-state index in [1.807, 2.05) is 12.1 Å². The second-order valence-electron chi connectivity index (χ2n) is 5.13. The maximum Gasteiger partial charge on any atom is 0.123 e. The Labute approximate surface area is 123 Å². The van der Waals surface area contributed by atoms with Gasteiger partial charge in [-0.25, -0.2) is 0 Å². The molecule has 0 radical (unpaired) electrons. The van der Waals surface area contributed by atoms with Crippen LogP contribution in [0.3, 0.4) is 0 Å². The average molecular weight is 280 g/mol. The van der Waals surface area contributed by atoms with Crippen molar-refractivity contribution in [2.24, 2.45) is 0 Å². The molecule has 4 heteroatoms. The average Bonchev–Trinajstić information content (AvgIpc) is 2.47. The first kappa shape index (κ1) is 17.0. The van der Waals surface area contributed by atoms with Gasteiger partial charge in [0.15, 0.2) is 0 Å². The molecule has 1 aromatic carbocycles. The number of nitrogens with one attached hydrogen (secondary N) is 1. The lowest BCUT2D eigenvalue weighted by Crippen LogP contribution is -2.38. The molecule has 0 aliphatic heterocycles. The minimum absolute atomic E-state index is 0.474. The Morgan fingerprint density at radius 3 is 2.70 bits per heavy atom. The normalized spacial score (nSPS) is 12.7. The Balaban J connectivity index is 2.35. The number of nitrogens with zero attached hydrogens (tertiary/aromatic N) is 1. The van der Waals surface area contributed by atoms with E-state index in [-0.39, 0.29) is 0 Å². The summed E-state index contributed by atoms with van der Waals surface area (Å²) < 4.78 is 10.4. The van der Waals surface area contributed by atoms with E-state index < -0.39 is 0 Å². The third-order valence-electron chi connectivity index (χ3n) is 3.51. The first-order valence-electron chi connectivity index (χ1n) is 7.20. The van der Waals surface area contributed by atoms with Gasteiger partial charge in [0.2, 0.25) is 0 Å². The fourth-order valence-electron chi connectivity index (χ4n) is 2.07. The number of hydrogen-bond acceptors (Lipinski definition) is 4. The molecule has 0 aliphatic carbocycles. The lowest BCUT2D eigenvalue weighted by atomic mass is 10.1. The van der Waals surface area contributed by atoms with Crippen LogP contribution in [0.2, 0.25) is 0 Å². The number of ether oxygens (including phenoxy) is 2. The summed E-state index contributed by atoms with van der Waals surface area (Å²) in [5.74, 6) is 0.958. The fraction of sp³-hybridized carbons (Fsp3) is 0.625. The number of para-hydroxylation sites is 1. The smallest absolute Gasteiger partial charge is 0.123 e. The van der Waals surface area contributed by atoms with Crippen LogP contribution in [-0.2, 0) is 11.3 Å². The Morgan fingerprint density at radius 2 is 2.00 bits per heavy atom. The van der Waals surface area contributed by atoms with Crippen LogP contribution in [0, 0.1) is 0 Å². The molecule has 0 aromatic heterocycles. The van der Waals surface area contributed by atoms with Crippen molar-refractivity contribution in [3.05, 3.63) is 29.8 Å². The third-order valence-corrected chi connectivity index (χ3v) is 3.51. The molecular formula is C16H28N2O2. The predicted octanol–water partition coefficient (Wildman–Crippen LogP) is 2.14. The van der Waals surface area contributed by atoms with Crippen molar-refractivity contribution in [1.29, 1.82) is 0 Å².